The van der Waals surface area contributed by atoms with Crippen molar-refractivity contribution in [1.82, 2.24) is 25.3 Å². The third kappa shape index (κ3) is 5.51. The normalized spacial score (nSPS) is 10.9. The second kappa shape index (κ2) is 9.47. The molecule has 0 unspecified atom stereocenters. The van der Waals surface area contributed by atoms with Crippen LogP contribution >= 0.6 is 11.8 Å². The molecule has 0 saturated carbocycles. The topological polar surface area (TPSA) is 110 Å². The Hall–Kier alpha value is -3.60. The summed E-state index contributed by atoms with van der Waals surface area (Å²) in [7, 11) is 0. The Morgan fingerprint density at radius 1 is 1.13 bits per heavy atom. The molecule has 0 aliphatic heterocycles. The van der Waals surface area contributed by atoms with Crippen LogP contribution in [-0.4, -0.2) is 31.2 Å². The Labute approximate surface area is 179 Å². The number of aromatic amines is 1. The summed E-state index contributed by atoms with van der Waals surface area (Å²) in [6, 6.07) is 12.6. The van der Waals surface area contributed by atoms with E-state index in [-0.39, 0.29) is 24.4 Å². The zero-order valence-corrected chi connectivity index (χ0v) is 16.8. The van der Waals surface area contributed by atoms with E-state index in [1.165, 1.54) is 11.8 Å². The maximum Gasteiger partial charge on any atom is 0.227 e. The number of anilines is 1. The van der Waals surface area contributed by atoms with Gasteiger partial charge >= 0.3 is 0 Å². The molecule has 2 aromatic heterocycles. The molecule has 0 aliphatic rings. The zero-order valence-electron chi connectivity index (χ0n) is 16.0. The summed E-state index contributed by atoms with van der Waals surface area (Å²) in [5.41, 5.74) is 0.845. The molecule has 11 heteroatoms. The highest BCUT2D eigenvalue weighted by Crippen LogP contribution is 2.21. The van der Waals surface area contributed by atoms with Crippen molar-refractivity contribution in [2.24, 2.45) is 0 Å². The van der Waals surface area contributed by atoms with Gasteiger partial charge in [-0.2, -0.15) is 4.98 Å². The number of hydrogen-bond acceptors (Lipinski definition) is 7. The van der Waals surface area contributed by atoms with E-state index in [4.69, 9.17) is 4.52 Å². The van der Waals surface area contributed by atoms with Crippen LogP contribution in [0, 0.1) is 11.6 Å². The van der Waals surface area contributed by atoms with Gasteiger partial charge in [0.1, 0.15) is 11.6 Å². The standard InChI is InChI=1S/C20H16F2N6O2S/c21-13-6-7-15(14(22)10-13)23-17(29)8-9-18-24-16(28-30-18)11-31-20-25-19(26-27-20)12-4-2-1-3-5-12/h1-7,10H,8-9,11H2,(H,23,29)(H,25,26,27). The molecule has 158 valence electrons. The van der Waals surface area contributed by atoms with Crippen LogP contribution in [0.5, 0.6) is 0 Å². The lowest BCUT2D eigenvalue weighted by Gasteiger charge is -2.05. The first-order valence-electron chi connectivity index (χ1n) is 9.24. The van der Waals surface area contributed by atoms with Gasteiger partial charge in [0, 0.05) is 24.5 Å². The molecule has 0 aliphatic carbocycles. The second-order valence-electron chi connectivity index (χ2n) is 6.40. The van der Waals surface area contributed by atoms with E-state index >= 15 is 0 Å². The fraction of sp³-hybridized carbons (Fsp3) is 0.150. The smallest absolute Gasteiger partial charge is 0.227 e. The number of carbonyl (C=O) groups excluding carboxylic acids is 1. The van der Waals surface area contributed by atoms with Gasteiger partial charge in [-0.05, 0) is 12.1 Å². The number of thioether (sulfide) groups is 1. The number of halogens is 2. The summed E-state index contributed by atoms with van der Waals surface area (Å²) in [5.74, 6) is -0.223. The minimum absolute atomic E-state index is 0.00689. The third-order valence-electron chi connectivity index (χ3n) is 4.12. The van der Waals surface area contributed by atoms with Gasteiger partial charge in [0.05, 0.1) is 11.4 Å². The number of benzene rings is 2. The molecule has 0 radical (unpaired) electrons. The molecular formula is C20H16F2N6O2S. The van der Waals surface area contributed by atoms with Gasteiger partial charge in [-0.1, -0.05) is 47.3 Å². The van der Waals surface area contributed by atoms with Gasteiger partial charge < -0.3 is 9.84 Å². The summed E-state index contributed by atoms with van der Waals surface area (Å²) >= 11 is 1.34. The van der Waals surface area contributed by atoms with E-state index in [1.807, 2.05) is 30.3 Å². The number of amides is 1. The monoisotopic (exact) mass is 442 g/mol. The van der Waals surface area contributed by atoms with Crippen molar-refractivity contribution in [3.63, 3.8) is 0 Å². The Kier molecular flexibility index (Phi) is 6.32. The summed E-state index contributed by atoms with van der Waals surface area (Å²) in [5, 5.41) is 13.9. The fourth-order valence-electron chi connectivity index (χ4n) is 2.64. The van der Waals surface area contributed by atoms with Crippen molar-refractivity contribution in [3.8, 4) is 11.4 Å². The lowest BCUT2D eigenvalue weighted by Crippen LogP contribution is -2.13. The van der Waals surface area contributed by atoms with Gasteiger partial charge in [-0.3, -0.25) is 9.89 Å². The van der Waals surface area contributed by atoms with E-state index in [1.54, 1.807) is 0 Å². The van der Waals surface area contributed by atoms with Gasteiger partial charge in [-0.15, -0.1) is 5.10 Å². The minimum atomic E-state index is -0.840. The van der Waals surface area contributed by atoms with E-state index in [0.717, 1.165) is 17.7 Å². The van der Waals surface area contributed by atoms with Crippen LogP contribution in [0.15, 0.2) is 58.2 Å². The van der Waals surface area contributed by atoms with Gasteiger partial charge in [-0.25, -0.2) is 13.8 Å². The van der Waals surface area contributed by atoms with Gasteiger partial charge in [0.2, 0.25) is 17.0 Å². The van der Waals surface area contributed by atoms with Gasteiger partial charge in [0.15, 0.2) is 11.6 Å². The third-order valence-corrected chi connectivity index (χ3v) is 4.97. The van der Waals surface area contributed by atoms with Crippen LogP contribution in [-0.2, 0) is 17.0 Å². The van der Waals surface area contributed by atoms with E-state index in [9.17, 15) is 13.6 Å². The number of carbonyl (C=O) groups is 1. The van der Waals surface area contributed by atoms with Crippen LogP contribution in [0.4, 0.5) is 14.5 Å². The van der Waals surface area contributed by atoms with E-state index < -0.39 is 17.5 Å². The Morgan fingerprint density at radius 2 is 1.97 bits per heavy atom. The summed E-state index contributed by atoms with van der Waals surface area (Å²) in [6.45, 7) is 0. The number of aromatic nitrogens is 5. The quantitative estimate of drug-likeness (QED) is 0.397. The number of nitrogens with one attached hydrogen (secondary N) is 2. The summed E-state index contributed by atoms with van der Waals surface area (Å²) in [6.07, 6.45) is 0.193. The molecule has 2 heterocycles. The number of H-pyrrole nitrogens is 1. The van der Waals surface area contributed by atoms with Crippen LogP contribution in [0.1, 0.15) is 18.1 Å². The molecule has 0 atom stereocenters. The first-order valence-corrected chi connectivity index (χ1v) is 10.2. The highest BCUT2D eigenvalue weighted by atomic mass is 32.2. The second-order valence-corrected chi connectivity index (χ2v) is 7.34. The van der Waals surface area contributed by atoms with Crippen LogP contribution in [0.2, 0.25) is 0 Å². The number of hydrogen-bond donors (Lipinski definition) is 2. The first-order chi connectivity index (χ1) is 15.1. The summed E-state index contributed by atoms with van der Waals surface area (Å²) < 4.78 is 31.6. The molecule has 0 saturated heterocycles. The van der Waals surface area contributed by atoms with Gasteiger partial charge in [0.25, 0.3) is 0 Å². The molecule has 4 aromatic rings. The Bertz CT molecular complexity index is 1180. The highest BCUT2D eigenvalue weighted by molar-refractivity contribution is 7.98. The molecule has 0 fully saturated rings. The molecule has 0 bridgehead atoms. The van der Waals surface area contributed by atoms with Crippen LogP contribution in [0.25, 0.3) is 11.4 Å². The average molecular weight is 442 g/mol. The van der Waals surface area contributed by atoms with Crippen LogP contribution in [0.3, 0.4) is 0 Å². The first kappa shape index (κ1) is 20.7. The van der Waals surface area contributed by atoms with Crippen molar-refractivity contribution in [2.45, 2.75) is 23.8 Å². The van der Waals surface area contributed by atoms with Crippen molar-refractivity contribution < 1.29 is 18.1 Å². The Morgan fingerprint density at radius 3 is 2.77 bits per heavy atom. The van der Waals surface area contributed by atoms with Crippen molar-refractivity contribution in [2.75, 3.05) is 5.32 Å². The van der Waals surface area contributed by atoms with Crippen molar-refractivity contribution in [1.29, 1.82) is 0 Å². The lowest BCUT2D eigenvalue weighted by atomic mass is 10.2. The highest BCUT2D eigenvalue weighted by Gasteiger charge is 2.13. The molecular weight excluding hydrogens is 426 g/mol. The van der Waals surface area contributed by atoms with E-state index in [0.29, 0.717) is 28.6 Å². The molecule has 31 heavy (non-hydrogen) atoms. The largest absolute Gasteiger partial charge is 0.339 e. The maximum absolute atomic E-state index is 13.6. The zero-order chi connectivity index (χ0) is 21.6. The van der Waals surface area contributed by atoms with Crippen molar-refractivity contribution in [3.05, 3.63) is 71.9 Å². The summed E-state index contributed by atoms with van der Waals surface area (Å²) in [4.78, 5) is 20.6. The average Bonchev–Trinajstić information content (AvgIpc) is 3.43. The number of aryl methyl sites for hydroxylation is 1. The lowest BCUT2D eigenvalue weighted by molar-refractivity contribution is -0.116. The molecule has 0 spiro atoms. The number of nitrogens with zero attached hydrogens (tertiary/aromatic N) is 4. The molecule has 1 amide bonds. The van der Waals surface area contributed by atoms with Crippen LogP contribution < -0.4 is 5.32 Å². The fourth-order valence-corrected chi connectivity index (χ4v) is 3.28. The molecule has 4 rings (SSSR count). The minimum Gasteiger partial charge on any atom is -0.339 e. The molecule has 2 N–H and O–H groups in total. The number of rotatable bonds is 8. The van der Waals surface area contributed by atoms with E-state index in [2.05, 4.69) is 30.6 Å². The maximum atomic E-state index is 13.6. The SMILES string of the molecule is O=C(CCc1nc(CSc2n[nH]c(-c3ccccc3)n2)no1)Nc1ccc(F)cc1F. The molecule has 8 nitrogen and oxygen atoms in total. The Balaban J connectivity index is 1.26. The molecule has 2 aromatic carbocycles. The predicted octanol–water partition coefficient (Wildman–Crippen LogP) is 4.00. The van der Waals surface area contributed by atoms with Crippen molar-refractivity contribution >= 4 is 23.4 Å². The predicted molar refractivity (Wildman–Crippen MR) is 109 cm³/mol.